The van der Waals surface area contributed by atoms with Crippen molar-refractivity contribution in [1.82, 2.24) is 5.32 Å². The number of nitrogens with zero attached hydrogens (tertiary/aromatic N) is 1. The Kier molecular flexibility index (Phi) is 8.82. The van der Waals surface area contributed by atoms with Crippen LogP contribution in [0, 0.1) is 0 Å². The van der Waals surface area contributed by atoms with Gasteiger partial charge in [0.25, 0.3) is 0 Å². The second kappa shape index (κ2) is 11.4. The lowest BCUT2D eigenvalue weighted by molar-refractivity contribution is 0.273. The molecular weight excluding hydrogens is 339 g/mol. The first kappa shape index (κ1) is 20.9. The summed E-state index contributed by atoms with van der Waals surface area (Å²) in [6.07, 6.45) is 13.2. The minimum absolute atomic E-state index is 0.0835. The monoisotopic (exact) mass is 370 g/mol. The van der Waals surface area contributed by atoms with Gasteiger partial charge in [-0.1, -0.05) is 25.5 Å². The van der Waals surface area contributed by atoms with Crippen molar-refractivity contribution in [2.24, 2.45) is 4.99 Å². The largest absolute Gasteiger partial charge is 0.491 e. The molecule has 4 heteroatoms. The highest BCUT2D eigenvalue weighted by Crippen LogP contribution is 2.22. The van der Waals surface area contributed by atoms with Crippen LogP contribution in [0.2, 0.25) is 0 Å². The number of aliphatic imine (C=N–C) groups is 1. The lowest BCUT2D eigenvalue weighted by Crippen LogP contribution is -2.15. The highest BCUT2D eigenvalue weighted by molar-refractivity contribution is 5.97. The Morgan fingerprint density at radius 1 is 1.30 bits per heavy atom. The molecule has 0 spiro atoms. The van der Waals surface area contributed by atoms with Crippen LogP contribution in [-0.4, -0.2) is 25.0 Å². The van der Waals surface area contributed by atoms with Crippen molar-refractivity contribution in [3.05, 3.63) is 59.8 Å². The normalized spacial score (nSPS) is 16.1. The van der Waals surface area contributed by atoms with Gasteiger partial charge in [0.15, 0.2) is 0 Å². The molecule has 0 radical (unpaired) electrons. The van der Waals surface area contributed by atoms with E-state index in [0.29, 0.717) is 11.8 Å². The molecule has 1 saturated carbocycles. The third kappa shape index (κ3) is 7.81. The Labute approximate surface area is 162 Å². The molecule has 0 unspecified atom stereocenters. The zero-order chi connectivity index (χ0) is 19.5. The fourth-order valence-corrected chi connectivity index (χ4v) is 2.60. The molecule has 2 rings (SSSR count). The molecule has 1 aliphatic rings. The summed E-state index contributed by atoms with van der Waals surface area (Å²) in [4.78, 5) is 4.78. The molecule has 146 valence electrons. The van der Waals surface area contributed by atoms with Gasteiger partial charge in [-0.15, -0.1) is 0 Å². The maximum atomic E-state index is 12.2. The van der Waals surface area contributed by atoms with E-state index in [0.717, 1.165) is 35.5 Å². The number of alkyl halides is 1. The summed E-state index contributed by atoms with van der Waals surface area (Å²) in [5.74, 6) is 0.671. The maximum Gasteiger partial charge on any atom is 0.123 e. The molecule has 0 amide bonds. The molecule has 1 aromatic carbocycles. The Morgan fingerprint density at radius 2 is 2.04 bits per heavy atom. The fourth-order valence-electron chi connectivity index (χ4n) is 2.60. The van der Waals surface area contributed by atoms with E-state index in [2.05, 4.69) is 30.5 Å². The van der Waals surface area contributed by atoms with E-state index in [4.69, 9.17) is 9.73 Å². The van der Waals surface area contributed by atoms with Gasteiger partial charge >= 0.3 is 0 Å². The van der Waals surface area contributed by atoms with Crippen molar-refractivity contribution >= 4 is 11.4 Å². The van der Waals surface area contributed by atoms with Crippen LogP contribution in [0.3, 0.4) is 0 Å². The molecule has 0 bridgehead atoms. The van der Waals surface area contributed by atoms with Crippen molar-refractivity contribution in [2.45, 2.75) is 52.5 Å². The molecule has 27 heavy (non-hydrogen) atoms. The van der Waals surface area contributed by atoms with Gasteiger partial charge in [-0.05, 0) is 69.5 Å². The Balaban J connectivity index is 2.11. The average molecular weight is 371 g/mol. The smallest absolute Gasteiger partial charge is 0.123 e. The number of halogens is 1. The van der Waals surface area contributed by atoms with Crippen molar-refractivity contribution < 1.29 is 9.13 Å². The fraction of sp³-hybridized carbons (Fsp3) is 0.435. The van der Waals surface area contributed by atoms with Crippen LogP contribution < -0.4 is 10.1 Å². The van der Waals surface area contributed by atoms with E-state index in [-0.39, 0.29) is 6.61 Å². The zero-order valence-corrected chi connectivity index (χ0v) is 16.7. The summed E-state index contributed by atoms with van der Waals surface area (Å²) < 4.78 is 17.5. The third-order valence-corrected chi connectivity index (χ3v) is 4.13. The number of hydrogen-bond donors (Lipinski definition) is 1. The lowest BCUT2D eigenvalue weighted by atomic mass is 10.1. The van der Waals surface area contributed by atoms with Gasteiger partial charge in [0.2, 0.25) is 0 Å². The third-order valence-electron chi connectivity index (χ3n) is 4.13. The minimum atomic E-state index is -0.485. The van der Waals surface area contributed by atoms with Crippen LogP contribution in [0.4, 0.5) is 4.39 Å². The molecular formula is C23H31FN2O. The van der Waals surface area contributed by atoms with Crippen molar-refractivity contribution in [3.8, 4) is 5.75 Å². The molecule has 0 saturated heterocycles. The van der Waals surface area contributed by atoms with Gasteiger partial charge in [0, 0.05) is 23.0 Å². The van der Waals surface area contributed by atoms with E-state index in [9.17, 15) is 4.39 Å². The van der Waals surface area contributed by atoms with Crippen molar-refractivity contribution in [3.63, 3.8) is 0 Å². The van der Waals surface area contributed by atoms with Gasteiger partial charge in [-0.2, -0.15) is 0 Å². The quantitative estimate of drug-likeness (QED) is 0.392. The molecule has 3 nitrogen and oxygen atoms in total. The number of nitrogens with one attached hydrogen (secondary N) is 1. The zero-order valence-electron chi connectivity index (χ0n) is 16.7. The predicted octanol–water partition coefficient (Wildman–Crippen LogP) is 5.85. The summed E-state index contributed by atoms with van der Waals surface area (Å²) in [7, 11) is 0. The highest BCUT2D eigenvalue weighted by Gasteiger charge is 2.20. The summed E-state index contributed by atoms with van der Waals surface area (Å²) >= 11 is 0. The molecule has 0 heterocycles. The van der Waals surface area contributed by atoms with Crippen LogP contribution in [0.15, 0.2) is 59.3 Å². The summed E-state index contributed by atoms with van der Waals surface area (Å²) in [6.45, 7) is 5.78. The van der Waals surface area contributed by atoms with Crippen LogP contribution in [-0.2, 0) is 0 Å². The molecule has 1 fully saturated rings. The molecule has 0 atom stereocenters. The van der Waals surface area contributed by atoms with Crippen molar-refractivity contribution in [1.29, 1.82) is 0 Å². The van der Waals surface area contributed by atoms with Crippen LogP contribution >= 0.6 is 0 Å². The first-order valence-electron chi connectivity index (χ1n) is 9.81. The number of allylic oxidation sites excluding steroid dienone is 4. The summed E-state index contributed by atoms with van der Waals surface area (Å²) in [5, 5.41) is 3.57. The van der Waals surface area contributed by atoms with Gasteiger partial charge in [0.05, 0.1) is 5.70 Å². The van der Waals surface area contributed by atoms with Crippen molar-refractivity contribution in [2.75, 3.05) is 13.3 Å². The molecule has 1 N–H and O–H groups in total. The van der Waals surface area contributed by atoms with Gasteiger partial charge < -0.3 is 10.1 Å². The Morgan fingerprint density at radius 3 is 2.63 bits per heavy atom. The number of ether oxygens (including phenoxy) is 1. The average Bonchev–Trinajstić information content (AvgIpc) is 3.49. The van der Waals surface area contributed by atoms with E-state index >= 15 is 0 Å². The van der Waals surface area contributed by atoms with Gasteiger partial charge in [-0.3, -0.25) is 4.99 Å². The minimum Gasteiger partial charge on any atom is -0.491 e. The number of benzene rings is 1. The molecule has 1 aliphatic carbocycles. The summed E-state index contributed by atoms with van der Waals surface area (Å²) in [6, 6.07) is 8.21. The molecule has 0 aromatic heterocycles. The Hall–Kier alpha value is -2.36. The van der Waals surface area contributed by atoms with Crippen LogP contribution in [0.5, 0.6) is 5.75 Å². The van der Waals surface area contributed by atoms with Crippen LogP contribution in [0.25, 0.3) is 5.70 Å². The maximum absolute atomic E-state index is 12.2. The second-order valence-electron chi connectivity index (χ2n) is 6.70. The van der Waals surface area contributed by atoms with E-state index in [1.54, 1.807) is 0 Å². The predicted molar refractivity (Wildman–Crippen MR) is 113 cm³/mol. The highest BCUT2D eigenvalue weighted by atomic mass is 19.1. The molecule has 0 aliphatic heterocycles. The topological polar surface area (TPSA) is 33.6 Å². The standard InChI is InChI=1S/C23H31FN2O/c1-4-6-7-8-21(26-20-11-12-20)17-18(3)25-23(5-2)19-9-13-22(14-10-19)27-16-15-24/h5,7-10,13-14,17,20,26H,4,6,11-12,15-16H2,1-3H3/b8-7-,21-17+,23-5-,25-18+. The van der Waals surface area contributed by atoms with Gasteiger partial charge in [-0.25, -0.2) is 4.39 Å². The van der Waals surface area contributed by atoms with E-state index in [1.165, 1.54) is 12.8 Å². The lowest BCUT2D eigenvalue weighted by Gasteiger charge is -2.08. The Bertz CT molecular complexity index is 698. The second-order valence-corrected chi connectivity index (χ2v) is 6.70. The molecule has 1 aromatic rings. The SMILES string of the molecule is C\C=C(/N=C(C)/C=C(\C=C/CCC)NC1CC1)c1ccc(OCCF)cc1. The van der Waals surface area contributed by atoms with E-state index < -0.39 is 6.67 Å². The van der Waals surface area contributed by atoms with Gasteiger partial charge in [0.1, 0.15) is 19.0 Å². The van der Waals surface area contributed by atoms with Crippen LogP contribution in [0.1, 0.15) is 52.0 Å². The van der Waals surface area contributed by atoms with E-state index in [1.807, 2.05) is 44.2 Å². The first-order valence-corrected chi connectivity index (χ1v) is 9.81. The number of unbranched alkanes of at least 4 members (excludes halogenated alkanes) is 1. The first-order chi connectivity index (χ1) is 13.2. The number of hydrogen-bond acceptors (Lipinski definition) is 3. The summed E-state index contributed by atoms with van der Waals surface area (Å²) in [5.41, 5.74) is 3.99. The number of rotatable bonds is 11.